The highest BCUT2D eigenvalue weighted by Crippen LogP contribution is 2.37. The van der Waals surface area contributed by atoms with Crippen LogP contribution in [0.25, 0.3) is 0 Å². The number of hydrogen-bond acceptors (Lipinski definition) is 5. The first-order valence-corrected chi connectivity index (χ1v) is 8.50. The summed E-state index contributed by atoms with van der Waals surface area (Å²) in [5.74, 6) is 0. The van der Waals surface area contributed by atoms with Crippen molar-refractivity contribution in [3.05, 3.63) is 10.5 Å². The lowest BCUT2D eigenvalue weighted by Crippen LogP contribution is -2.48. The monoisotopic (exact) mass is 309 g/mol. The minimum absolute atomic E-state index is 0.161. The number of aromatic nitrogens is 3. The molecule has 2 N–H and O–H groups in total. The Bertz CT molecular complexity index is 560. The Hall–Kier alpha value is -1.26. The van der Waals surface area contributed by atoms with Gasteiger partial charge in [0, 0.05) is 11.8 Å². The van der Waals surface area contributed by atoms with Gasteiger partial charge in [0.2, 0.25) is 0 Å². The van der Waals surface area contributed by atoms with Crippen LogP contribution in [0.3, 0.4) is 0 Å². The number of thioether (sulfide) groups is 1. The average Bonchev–Trinajstić information content (AvgIpc) is 2.85. The van der Waals surface area contributed by atoms with Gasteiger partial charge in [0.25, 0.3) is 0 Å². The fourth-order valence-electron chi connectivity index (χ4n) is 2.81. The summed E-state index contributed by atoms with van der Waals surface area (Å²) in [6, 6.07) is 2.48. The van der Waals surface area contributed by atoms with Crippen molar-refractivity contribution in [1.82, 2.24) is 20.1 Å². The molecule has 1 aromatic rings. The topological polar surface area (TPSA) is 86.5 Å². The van der Waals surface area contributed by atoms with Crippen molar-refractivity contribution in [2.75, 3.05) is 6.54 Å². The summed E-state index contributed by atoms with van der Waals surface area (Å²) < 4.78 is 1.65. The van der Waals surface area contributed by atoms with Crippen LogP contribution in [0.1, 0.15) is 46.0 Å². The first-order valence-electron chi connectivity index (χ1n) is 7.62. The maximum Gasteiger partial charge on any atom is 0.343 e. The Balaban J connectivity index is 2.07. The van der Waals surface area contributed by atoms with Gasteiger partial charge >= 0.3 is 5.69 Å². The van der Waals surface area contributed by atoms with E-state index in [-0.39, 0.29) is 5.69 Å². The number of H-pyrrole nitrogens is 1. The number of nitrogens with zero attached hydrogens (tertiary/aromatic N) is 3. The van der Waals surface area contributed by atoms with Crippen LogP contribution in [-0.2, 0) is 6.54 Å². The van der Waals surface area contributed by atoms with Crippen LogP contribution in [0.5, 0.6) is 0 Å². The van der Waals surface area contributed by atoms with E-state index in [1.54, 1.807) is 16.3 Å². The lowest BCUT2D eigenvalue weighted by Gasteiger charge is -2.36. The second kappa shape index (κ2) is 7.14. The Morgan fingerprint density at radius 2 is 2.43 bits per heavy atom. The summed E-state index contributed by atoms with van der Waals surface area (Å²) in [5, 5.41) is 20.6. The molecule has 1 aromatic heterocycles. The molecule has 0 radical (unpaired) electrons. The zero-order chi connectivity index (χ0) is 15.3. The molecule has 7 heteroatoms. The lowest BCUT2D eigenvalue weighted by atomic mass is 9.82. The third-order valence-corrected chi connectivity index (χ3v) is 5.20. The van der Waals surface area contributed by atoms with Crippen molar-refractivity contribution in [1.29, 1.82) is 5.26 Å². The number of nitrogens with one attached hydrogen (secondary N) is 2. The molecule has 0 spiro atoms. The molecular formula is C14H23N5OS. The molecule has 2 unspecified atom stereocenters. The highest BCUT2D eigenvalue weighted by atomic mass is 32.2. The Morgan fingerprint density at radius 3 is 3.10 bits per heavy atom. The fourth-order valence-corrected chi connectivity index (χ4v) is 4.20. The van der Waals surface area contributed by atoms with E-state index in [2.05, 4.69) is 28.5 Å². The van der Waals surface area contributed by atoms with Crippen molar-refractivity contribution in [2.45, 2.75) is 68.4 Å². The highest BCUT2D eigenvalue weighted by molar-refractivity contribution is 7.99. The molecule has 0 bridgehead atoms. The summed E-state index contributed by atoms with van der Waals surface area (Å²) in [6.07, 6.45) is 4.83. The van der Waals surface area contributed by atoms with Crippen molar-refractivity contribution < 1.29 is 0 Å². The van der Waals surface area contributed by atoms with E-state index in [1.807, 2.05) is 6.92 Å². The van der Waals surface area contributed by atoms with Crippen LogP contribution in [0.2, 0.25) is 0 Å². The molecule has 1 saturated carbocycles. The smallest absolute Gasteiger partial charge is 0.299 e. The van der Waals surface area contributed by atoms with E-state index in [9.17, 15) is 10.1 Å². The van der Waals surface area contributed by atoms with Crippen LogP contribution < -0.4 is 11.0 Å². The van der Waals surface area contributed by atoms with Crippen LogP contribution in [0.15, 0.2) is 9.95 Å². The van der Waals surface area contributed by atoms with Crippen LogP contribution in [0, 0.1) is 11.3 Å². The van der Waals surface area contributed by atoms with Gasteiger partial charge < -0.3 is 0 Å². The fraction of sp³-hybridized carbons (Fsp3) is 0.786. The van der Waals surface area contributed by atoms with Crippen LogP contribution in [-0.4, -0.2) is 32.1 Å². The van der Waals surface area contributed by atoms with Crippen LogP contribution >= 0.6 is 11.8 Å². The Labute approximate surface area is 129 Å². The summed E-state index contributed by atoms with van der Waals surface area (Å²) in [5.41, 5.74) is -0.578. The van der Waals surface area contributed by atoms with E-state index in [0.717, 1.165) is 43.8 Å². The number of rotatable bonds is 6. The van der Waals surface area contributed by atoms with Gasteiger partial charge in [-0.1, -0.05) is 18.7 Å². The van der Waals surface area contributed by atoms with Gasteiger partial charge in [-0.25, -0.2) is 9.89 Å². The molecule has 1 fully saturated rings. The van der Waals surface area contributed by atoms with Crippen molar-refractivity contribution in [3.8, 4) is 6.07 Å². The number of hydrogen-bond donors (Lipinski definition) is 2. The first kappa shape index (κ1) is 16.1. The molecule has 2 atom stereocenters. The molecule has 0 aromatic carbocycles. The van der Waals surface area contributed by atoms with Crippen molar-refractivity contribution in [2.24, 2.45) is 0 Å². The van der Waals surface area contributed by atoms with E-state index < -0.39 is 5.54 Å². The minimum atomic E-state index is -0.417. The Kier molecular flexibility index (Phi) is 5.48. The lowest BCUT2D eigenvalue weighted by molar-refractivity contribution is 0.304. The van der Waals surface area contributed by atoms with E-state index >= 15 is 0 Å². The molecule has 0 aliphatic heterocycles. The van der Waals surface area contributed by atoms with Gasteiger partial charge in [0.15, 0.2) is 5.16 Å². The molecule has 1 aliphatic carbocycles. The van der Waals surface area contributed by atoms with Gasteiger partial charge in [-0.05, 0) is 45.6 Å². The average molecular weight is 309 g/mol. The van der Waals surface area contributed by atoms with Gasteiger partial charge in [0.1, 0.15) is 5.54 Å². The SMILES string of the molecule is CCCNC1(C#N)CCCC(Sc2n[nH]c(=O)n2CC)C1. The summed E-state index contributed by atoms with van der Waals surface area (Å²) in [6.45, 7) is 5.52. The zero-order valence-corrected chi connectivity index (χ0v) is 13.5. The first-order chi connectivity index (χ1) is 10.1. The predicted molar refractivity (Wildman–Crippen MR) is 83.3 cm³/mol. The zero-order valence-electron chi connectivity index (χ0n) is 12.7. The van der Waals surface area contributed by atoms with Gasteiger partial charge in [-0.3, -0.25) is 9.88 Å². The molecule has 6 nitrogen and oxygen atoms in total. The molecule has 1 aliphatic rings. The highest BCUT2D eigenvalue weighted by Gasteiger charge is 2.36. The third kappa shape index (κ3) is 3.69. The predicted octanol–water partition coefficient (Wildman–Crippen LogP) is 1.89. The Morgan fingerprint density at radius 1 is 1.62 bits per heavy atom. The van der Waals surface area contributed by atoms with E-state index in [4.69, 9.17) is 0 Å². The second-order valence-corrected chi connectivity index (χ2v) is 6.78. The summed E-state index contributed by atoms with van der Waals surface area (Å²) >= 11 is 1.62. The van der Waals surface area contributed by atoms with Gasteiger partial charge in [0.05, 0.1) is 6.07 Å². The summed E-state index contributed by atoms with van der Waals surface area (Å²) in [7, 11) is 0. The van der Waals surface area contributed by atoms with Crippen molar-refractivity contribution >= 4 is 11.8 Å². The minimum Gasteiger partial charge on any atom is -0.299 e. The van der Waals surface area contributed by atoms with E-state index in [0.29, 0.717) is 11.8 Å². The van der Waals surface area contributed by atoms with Gasteiger partial charge in [-0.2, -0.15) is 5.26 Å². The molecule has 116 valence electrons. The maximum absolute atomic E-state index is 11.6. The maximum atomic E-state index is 11.6. The normalized spacial score (nSPS) is 25.7. The molecule has 0 amide bonds. The third-order valence-electron chi connectivity index (χ3n) is 3.94. The molecule has 0 saturated heterocycles. The molecule has 1 heterocycles. The second-order valence-electron chi connectivity index (χ2n) is 5.51. The largest absolute Gasteiger partial charge is 0.343 e. The van der Waals surface area contributed by atoms with Gasteiger partial charge in [-0.15, -0.1) is 5.10 Å². The standard InChI is InChI=1S/C14H23N5OS/c1-3-8-16-14(10-15)7-5-6-11(9-14)21-13-18-17-12(20)19(13)4-2/h11,16H,3-9H2,1-2H3,(H,17,20). The van der Waals surface area contributed by atoms with E-state index in [1.165, 1.54) is 0 Å². The molecule has 21 heavy (non-hydrogen) atoms. The quantitative estimate of drug-likeness (QED) is 0.838. The molecular weight excluding hydrogens is 286 g/mol. The summed E-state index contributed by atoms with van der Waals surface area (Å²) in [4.78, 5) is 11.6. The number of nitriles is 1. The van der Waals surface area contributed by atoms with Crippen LogP contribution in [0.4, 0.5) is 0 Å². The molecule has 2 rings (SSSR count). The number of aromatic amines is 1. The van der Waals surface area contributed by atoms with Crippen molar-refractivity contribution in [3.63, 3.8) is 0 Å².